The first kappa shape index (κ1) is 11.9. The van der Waals surface area contributed by atoms with Gasteiger partial charge >= 0.3 is 5.97 Å². The Morgan fingerprint density at radius 2 is 2.47 bits per heavy atom. The summed E-state index contributed by atoms with van der Waals surface area (Å²) in [5.41, 5.74) is 0.725. The third-order valence-corrected chi connectivity index (χ3v) is 2.98. The van der Waals surface area contributed by atoms with Crippen LogP contribution in [0.25, 0.3) is 10.8 Å². The van der Waals surface area contributed by atoms with Gasteiger partial charge < -0.3 is 9.15 Å². The predicted molar refractivity (Wildman–Crippen MR) is 64.8 cm³/mol. The van der Waals surface area contributed by atoms with Gasteiger partial charge in [-0.2, -0.15) is 0 Å². The molecule has 0 atom stereocenters. The lowest BCUT2D eigenvalue weighted by atomic mass is 10.3. The van der Waals surface area contributed by atoms with Crippen molar-refractivity contribution >= 4 is 17.3 Å². The Balaban J connectivity index is 1.97. The Bertz CT molecular complexity index is 476. The minimum Gasteiger partial charge on any atom is -0.465 e. The van der Waals surface area contributed by atoms with Crippen LogP contribution in [0.15, 0.2) is 28.2 Å². The van der Waals surface area contributed by atoms with Gasteiger partial charge in [0.05, 0.1) is 25.0 Å². The molecule has 5 heteroatoms. The van der Waals surface area contributed by atoms with Crippen LogP contribution in [0.2, 0.25) is 0 Å². The molecule has 0 spiro atoms. The average molecular weight is 251 g/mol. The Kier molecular flexibility index (Phi) is 3.93. The van der Waals surface area contributed by atoms with Crippen LogP contribution >= 0.6 is 11.3 Å². The van der Waals surface area contributed by atoms with E-state index in [1.165, 1.54) is 11.3 Å². The first-order chi connectivity index (χ1) is 8.29. The third-order valence-electron chi connectivity index (χ3n) is 2.08. The molecule has 90 valence electrons. The second kappa shape index (κ2) is 5.63. The number of thiazole rings is 1. The monoisotopic (exact) mass is 251 g/mol. The molecular weight excluding hydrogens is 238 g/mol. The Morgan fingerprint density at radius 1 is 1.59 bits per heavy atom. The maximum atomic E-state index is 11.4. The Morgan fingerprint density at radius 3 is 3.18 bits per heavy atom. The summed E-state index contributed by atoms with van der Waals surface area (Å²) in [6, 6.07) is 3.66. The van der Waals surface area contributed by atoms with E-state index in [1.807, 2.05) is 24.4 Å². The van der Waals surface area contributed by atoms with E-state index in [-0.39, 0.29) is 12.4 Å². The highest BCUT2D eigenvalue weighted by atomic mass is 32.1. The first-order valence-corrected chi connectivity index (χ1v) is 6.31. The first-order valence-electron chi connectivity index (χ1n) is 5.43. The quantitative estimate of drug-likeness (QED) is 0.767. The number of hydrogen-bond donors (Lipinski definition) is 0. The number of rotatable bonds is 5. The van der Waals surface area contributed by atoms with Crippen LogP contribution in [-0.2, 0) is 16.0 Å². The largest absolute Gasteiger partial charge is 0.465 e. The summed E-state index contributed by atoms with van der Waals surface area (Å²) >= 11 is 1.46. The van der Waals surface area contributed by atoms with E-state index in [9.17, 15) is 4.79 Å². The highest BCUT2D eigenvalue weighted by Crippen LogP contribution is 2.24. The second-order valence-corrected chi connectivity index (χ2v) is 4.38. The molecule has 0 radical (unpaired) electrons. The third kappa shape index (κ3) is 3.17. The van der Waals surface area contributed by atoms with Crippen LogP contribution in [0.4, 0.5) is 0 Å². The molecule has 0 unspecified atom stereocenters. The normalized spacial score (nSPS) is 10.4. The van der Waals surface area contributed by atoms with Gasteiger partial charge in [0, 0.05) is 5.38 Å². The zero-order valence-corrected chi connectivity index (χ0v) is 10.3. The fraction of sp³-hybridized carbons (Fsp3) is 0.333. The van der Waals surface area contributed by atoms with Gasteiger partial charge in [-0.3, -0.25) is 4.79 Å². The highest BCUT2D eigenvalue weighted by molar-refractivity contribution is 7.13. The van der Waals surface area contributed by atoms with Crippen molar-refractivity contribution in [2.75, 3.05) is 6.61 Å². The molecule has 0 N–H and O–H groups in total. The number of carbonyl (C=O) groups excluding carboxylic acids is 1. The van der Waals surface area contributed by atoms with Crippen molar-refractivity contribution in [2.24, 2.45) is 0 Å². The number of esters is 1. The lowest BCUT2D eigenvalue weighted by Gasteiger charge is -2.00. The van der Waals surface area contributed by atoms with Crippen LogP contribution in [-0.4, -0.2) is 17.6 Å². The molecule has 17 heavy (non-hydrogen) atoms. The Hall–Kier alpha value is -1.62. The molecule has 0 saturated carbocycles. The summed E-state index contributed by atoms with van der Waals surface area (Å²) < 4.78 is 10.2. The SMILES string of the molecule is CCCOC(=O)Cc1csc(-c2ccco2)n1. The van der Waals surface area contributed by atoms with Gasteiger partial charge in [0.25, 0.3) is 0 Å². The van der Waals surface area contributed by atoms with Crippen molar-refractivity contribution in [2.45, 2.75) is 19.8 Å². The van der Waals surface area contributed by atoms with E-state index in [2.05, 4.69) is 4.98 Å². The fourth-order valence-electron chi connectivity index (χ4n) is 1.32. The average Bonchev–Trinajstić information content (AvgIpc) is 2.95. The molecule has 0 fully saturated rings. The predicted octanol–water partition coefficient (Wildman–Crippen LogP) is 2.90. The summed E-state index contributed by atoms with van der Waals surface area (Å²) in [6.45, 7) is 2.43. The molecule has 2 aromatic rings. The molecule has 0 aromatic carbocycles. The molecule has 0 amide bonds. The molecule has 0 aliphatic rings. The summed E-state index contributed by atoms with van der Waals surface area (Å²) in [6.07, 6.45) is 2.66. The number of ether oxygens (including phenoxy) is 1. The molecular formula is C12H13NO3S. The van der Waals surface area contributed by atoms with Crippen LogP contribution in [0.5, 0.6) is 0 Å². The lowest BCUT2D eigenvalue weighted by Crippen LogP contribution is -2.08. The van der Waals surface area contributed by atoms with E-state index in [1.54, 1.807) is 6.26 Å². The van der Waals surface area contributed by atoms with E-state index in [0.29, 0.717) is 6.61 Å². The van der Waals surface area contributed by atoms with Gasteiger partial charge in [-0.05, 0) is 18.6 Å². The highest BCUT2D eigenvalue weighted by Gasteiger charge is 2.10. The molecule has 2 heterocycles. The Labute approximate surface area is 103 Å². The molecule has 4 nitrogen and oxygen atoms in total. The summed E-state index contributed by atoms with van der Waals surface area (Å²) in [5, 5.41) is 2.64. The van der Waals surface area contributed by atoms with Gasteiger partial charge in [-0.1, -0.05) is 6.92 Å². The van der Waals surface area contributed by atoms with Crippen LogP contribution in [0, 0.1) is 0 Å². The van der Waals surface area contributed by atoms with E-state index in [0.717, 1.165) is 22.9 Å². The van der Waals surface area contributed by atoms with Crippen molar-refractivity contribution in [3.63, 3.8) is 0 Å². The zero-order chi connectivity index (χ0) is 12.1. The van der Waals surface area contributed by atoms with Crippen LogP contribution in [0.3, 0.4) is 0 Å². The fourth-order valence-corrected chi connectivity index (χ4v) is 2.10. The lowest BCUT2D eigenvalue weighted by molar-refractivity contribution is -0.142. The molecule has 0 bridgehead atoms. The van der Waals surface area contributed by atoms with Gasteiger partial charge in [-0.25, -0.2) is 4.98 Å². The molecule has 0 saturated heterocycles. The van der Waals surface area contributed by atoms with Gasteiger partial charge in [0.2, 0.25) is 0 Å². The van der Waals surface area contributed by atoms with Gasteiger partial charge in [0.15, 0.2) is 10.8 Å². The smallest absolute Gasteiger partial charge is 0.311 e. The van der Waals surface area contributed by atoms with Crippen molar-refractivity contribution in [1.82, 2.24) is 4.98 Å². The number of nitrogens with zero attached hydrogens (tertiary/aromatic N) is 1. The van der Waals surface area contributed by atoms with Crippen molar-refractivity contribution < 1.29 is 13.9 Å². The van der Waals surface area contributed by atoms with Gasteiger partial charge in [0.1, 0.15) is 0 Å². The maximum absolute atomic E-state index is 11.4. The number of hydrogen-bond acceptors (Lipinski definition) is 5. The van der Waals surface area contributed by atoms with Crippen molar-refractivity contribution in [1.29, 1.82) is 0 Å². The minimum absolute atomic E-state index is 0.219. The number of aromatic nitrogens is 1. The second-order valence-electron chi connectivity index (χ2n) is 3.52. The molecule has 2 rings (SSSR count). The molecule has 0 aliphatic carbocycles. The summed E-state index contributed by atoms with van der Waals surface area (Å²) in [5.74, 6) is 0.492. The maximum Gasteiger partial charge on any atom is 0.311 e. The molecule has 2 aromatic heterocycles. The summed E-state index contributed by atoms with van der Waals surface area (Å²) in [4.78, 5) is 15.7. The molecule has 0 aliphatic heterocycles. The topological polar surface area (TPSA) is 52.3 Å². The standard InChI is InChI=1S/C12H13NO3S/c1-2-5-16-11(14)7-9-8-17-12(13-9)10-4-3-6-15-10/h3-4,6,8H,2,5,7H2,1H3. The zero-order valence-electron chi connectivity index (χ0n) is 9.51. The summed E-state index contributed by atoms with van der Waals surface area (Å²) in [7, 11) is 0. The van der Waals surface area contributed by atoms with Crippen LogP contribution in [0.1, 0.15) is 19.0 Å². The van der Waals surface area contributed by atoms with Crippen LogP contribution < -0.4 is 0 Å². The van der Waals surface area contributed by atoms with Crippen molar-refractivity contribution in [3.8, 4) is 10.8 Å². The van der Waals surface area contributed by atoms with Gasteiger partial charge in [-0.15, -0.1) is 11.3 Å². The van der Waals surface area contributed by atoms with E-state index >= 15 is 0 Å². The number of furan rings is 1. The van der Waals surface area contributed by atoms with E-state index in [4.69, 9.17) is 9.15 Å². The van der Waals surface area contributed by atoms with E-state index < -0.39 is 0 Å². The van der Waals surface area contributed by atoms with Crippen molar-refractivity contribution in [3.05, 3.63) is 29.5 Å². The number of carbonyl (C=O) groups is 1. The minimum atomic E-state index is -0.233.